The monoisotopic (exact) mass is 447 g/mol. The van der Waals surface area contributed by atoms with E-state index in [-0.39, 0.29) is 13.0 Å². The van der Waals surface area contributed by atoms with Crippen LogP contribution in [0.15, 0.2) is 48.0 Å². The van der Waals surface area contributed by atoms with Crippen LogP contribution in [0.25, 0.3) is 11.1 Å². The highest BCUT2D eigenvalue weighted by Crippen LogP contribution is 2.34. The number of halogens is 1. The molecule has 2 heterocycles. The normalized spacial score (nSPS) is 15.9. The molecule has 1 aromatic heterocycles. The summed E-state index contributed by atoms with van der Waals surface area (Å²) in [6.45, 7) is -0.141. The molecule has 1 atom stereocenters. The molecule has 0 saturated heterocycles. The number of nitrogens with one attached hydrogen (secondary N) is 1. The smallest absolute Gasteiger partial charge is 0.323 e. The molecule has 0 aliphatic carbocycles. The Balaban J connectivity index is 1.96. The fourth-order valence-corrected chi connectivity index (χ4v) is 4.02. The summed E-state index contributed by atoms with van der Waals surface area (Å²) >= 11 is 7.24. The number of hydrogen-bond acceptors (Lipinski definition) is 5. The van der Waals surface area contributed by atoms with Crippen molar-refractivity contribution in [1.29, 1.82) is 0 Å². The van der Waals surface area contributed by atoms with Crippen molar-refractivity contribution in [3.63, 3.8) is 0 Å². The third-order valence-corrected chi connectivity index (χ3v) is 5.55. The van der Waals surface area contributed by atoms with Crippen LogP contribution in [0.1, 0.15) is 6.42 Å². The number of nitrogens with zero attached hydrogens (tertiary/aromatic N) is 2. The summed E-state index contributed by atoms with van der Waals surface area (Å²) < 4.78 is 0. The van der Waals surface area contributed by atoms with E-state index in [1.165, 1.54) is 35.6 Å². The van der Waals surface area contributed by atoms with E-state index in [1.807, 2.05) is 6.07 Å². The van der Waals surface area contributed by atoms with Gasteiger partial charge in [0.25, 0.3) is 5.91 Å². The number of likely N-dealkylation sites (N-methyl/N-ethyl adjacent to an activating group) is 1. The number of thiophene rings is 1. The zero-order chi connectivity index (χ0) is 21.8. The van der Waals surface area contributed by atoms with Crippen molar-refractivity contribution in [2.45, 2.75) is 12.5 Å². The second kappa shape index (κ2) is 9.10. The SMILES string of the molecule is CN1C=CC(=O)C(N(C(=O)NCCC(=O)O)c2cc(-c3cccc(Cl)c3)cs2)C1=O. The fourth-order valence-electron chi connectivity index (χ4n) is 2.88. The van der Waals surface area contributed by atoms with E-state index in [9.17, 15) is 19.2 Å². The molecule has 1 aliphatic rings. The summed E-state index contributed by atoms with van der Waals surface area (Å²) in [5.41, 5.74) is 1.58. The second-order valence-electron chi connectivity index (χ2n) is 6.50. The van der Waals surface area contributed by atoms with E-state index in [2.05, 4.69) is 5.32 Å². The quantitative estimate of drug-likeness (QED) is 0.662. The molecule has 2 N–H and O–H groups in total. The molecule has 1 unspecified atom stereocenters. The van der Waals surface area contributed by atoms with Gasteiger partial charge in [0.1, 0.15) is 5.00 Å². The number of carbonyl (C=O) groups excluding carboxylic acids is 3. The molecule has 1 aliphatic heterocycles. The van der Waals surface area contributed by atoms with Gasteiger partial charge in [0.2, 0.25) is 0 Å². The first kappa shape index (κ1) is 21.5. The van der Waals surface area contributed by atoms with Gasteiger partial charge in [0.15, 0.2) is 11.8 Å². The minimum absolute atomic E-state index is 0.141. The number of benzene rings is 1. The van der Waals surface area contributed by atoms with Gasteiger partial charge in [0, 0.05) is 36.3 Å². The first-order valence-electron chi connectivity index (χ1n) is 8.90. The molecule has 3 rings (SSSR count). The van der Waals surface area contributed by atoms with Crippen molar-refractivity contribution in [2.24, 2.45) is 0 Å². The Labute approximate surface area is 181 Å². The summed E-state index contributed by atoms with van der Waals surface area (Å²) in [5.74, 6) is -2.17. The molecule has 0 radical (unpaired) electrons. The molecular formula is C20H18ClN3O5S. The van der Waals surface area contributed by atoms with E-state index >= 15 is 0 Å². The molecule has 1 aromatic carbocycles. The van der Waals surface area contributed by atoms with Crippen molar-refractivity contribution in [1.82, 2.24) is 10.2 Å². The number of anilines is 1. The maximum Gasteiger partial charge on any atom is 0.323 e. The number of ketones is 1. The van der Waals surface area contributed by atoms with Crippen molar-refractivity contribution in [2.75, 3.05) is 18.5 Å². The molecule has 3 amide bonds. The number of urea groups is 1. The molecular weight excluding hydrogens is 430 g/mol. The first-order valence-corrected chi connectivity index (χ1v) is 10.2. The van der Waals surface area contributed by atoms with Crippen molar-refractivity contribution in [3.8, 4) is 11.1 Å². The summed E-state index contributed by atoms with van der Waals surface area (Å²) in [7, 11) is 1.49. The highest BCUT2D eigenvalue weighted by molar-refractivity contribution is 7.14. The van der Waals surface area contributed by atoms with E-state index in [0.29, 0.717) is 10.0 Å². The lowest BCUT2D eigenvalue weighted by molar-refractivity contribution is -0.137. The molecule has 0 saturated carbocycles. The second-order valence-corrected chi connectivity index (χ2v) is 7.83. The molecule has 0 bridgehead atoms. The predicted molar refractivity (Wildman–Crippen MR) is 114 cm³/mol. The minimum atomic E-state index is -1.38. The zero-order valence-corrected chi connectivity index (χ0v) is 17.4. The highest BCUT2D eigenvalue weighted by atomic mass is 35.5. The number of carboxylic acids is 1. The Kier molecular flexibility index (Phi) is 6.53. The van der Waals surface area contributed by atoms with E-state index in [0.717, 1.165) is 16.0 Å². The average molecular weight is 448 g/mol. The number of rotatable bonds is 6. The third-order valence-electron chi connectivity index (χ3n) is 4.39. The number of hydrogen-bond donors (Lipinski definition) is 2. The molecule has 8 nitrogen and oxygen atoms in total. The topological polar surface area (TPSA) is 107 Å². The van der Waals surface area contributed by atoms with Crippen molar-refractivity contribution >= 4 is 51.6 Å². The van der Waals surface area contributed by atoms with Crippen LogP contribution in [0.4, 0.5) is 9.80 Å². The first-order chi connectivity index (χ1) is 14.3. The Morgan fingerprint density at radius 1 is 1.27 bits per heavy atom. The van der Waals surface area contributed by atoms with Crippen LogP contribution in [0, 0.1) is 0 Å². The Morgan fingerprint density at radius 3 is 2.73 bits per heavy atom. The van der Waals surface area contributed by atoms with E-state index in [4.69, 9.17) is 16.7 Å². The molecule has 10 heteroatoms. The summed E-state index contributed by atoms with van der Waals surface area (Å²) in [5, 5.41) is 14.0. The summed E-state index contributed by atoms with van der Waals surface area (Å²) in [6, 6.07) is 6.72. The van der Waals surface area contributed by atoms with Gasteiger partial charge in [-0.25, -0.2) is 4.79 Å². The van der Waals surface area contributed by atoms with Gasteiger partial charge in [-0.15, -0.1) is 11.3 Å². The lowest BCUT2D eigenvalue weighted by atomic mass is 10.1. The van der Waals surface area contributed by atoms with Crippen LogP contribution in [-0.2, 0) is 14.4 Å². The number of carboxylic acid groups (broad SMARTS) is 1. The van der Waals surface area contributed by atoms with E-state index in [1.54, 1.807) is 29.6 Å². The summed E-state index contributed by atoms with van der Waals surface area (Å²) in [4.78, 5) is 51.1. The predicted octanol–water partition coefficient (Wildman–Crippen LogP) is 2.98. The number of carbonyl (C=O) groups is 4. The van der Waals surface area contributed by atoms with Crippen LogP contribution in [0.3, 0.4) is 0 Å². The number of amides is 3. The molecule has 30 heavy (non-hydrogen) atoms. The van der Waals surface area contributed by atoms with Crippen molar-refractivity contribution < 1.29 is 24.3 Å². The van der Waals surface area contributed by atoms with Crippen LogP contribution in [0.5, 0.6) is 0 Å². The number of aliphatic carboxylic acids is 1. The summed E-state index contributed by atoms with van der Waals surface area (Å²) in [6.07, 6.45) is 2.28. The Morgan fingerprint density at radius 2 is 2.03 bits per heavy atom. The van der Waals surface area contributed by atoms with Gasteiger partial charge in [-0.2, -0.15) is 0 Å². The average Bonchev–Trinajstić information content (AvgIpc) is 3.17. The molecule has 2 aromatic rings. The molecule has 0 fully saturated rings. The lowest BCUT2D eigenvalue weighted by Gasteiger charge is -2.32. The third kappa shape index (κ3) is 4.69. The van der Waals surface area contributed by atoms with Crippen molar-refractivity contribution in [3.05, 3.63) is 53.0 Å². The maximum atomic E-state index is 12.9. The minimum Gasteiger partial charge on any atom is -0.481 e. The maximum absolute atomic E-state index is 12.9. The molecule has 0 spiro atoms. The molecule has 156 valence electrons. The standard InChI is InChI=1S/C20H18ClN3O5S/c1-23-8-6-15(25)18(19(23)28)24(20(29)22-7-5-17(26)27)16-10-13(11-30-16)12-3-2-4-14(21)9-12/h2-4,6,8-11,18H,5,7H2,1H3,(H,22,29)(H,26,27). The zero-order valence-electron chi connectivity index (χ0n) is 15.9. The van der Waals surface area contributed by atoms with Gasteiger partial charge < -0.3 is 15.3 Å². The Bertz CT molecular complexity index is 1030. The fraction of sp³-hybridized carbons (Fsp3) is 0.200. The lowest BCUT2D eigenvalue weighted by Crippen LogP contribution is -2.57. The van der Waals surface area contributed by atoms with Crippen LogP contribution in [0.2, 0.25) is 5.02 Å². The van der Waals surface area contributed by atoms with Crippen LogP contribution in [-0.4, -0.2) is 53.3 Å². The van der Waals surface area contributed by atoms with Gasteiger partial charge >= 0.3 is 12.0 Å². The Hall–Kier alpha value is -3.17. The van der Waals surface area contributed by atoms with Crippen LogP contribution < -0.4 is 10.2 Å². The van der Waals surface area contributed by atoms with Gasteiger partial charge in [0.05, 0.1) is 6.42 Å². The van der Waals surface area contributed by atoms with Crippen LogP contribution >= 0.6 is 22.9 Å². The van der Waals surface area contributed by atoms with Gasteiger partial charge in [-0.1, -0.05) is 23.7 Å². The van der Waals surface area contributed by atoms with Gasteiger partial charge in [-0.05, 0) is 29.3 Å². The van der Waals surface area contributed by atoms with E-state index < -0.39 is 29.7 Å². The highest BCUT2D eigenvalue weighted by Gasteiger charge is 2.40. The van der Waals surface area contributed by atoms with Gasteiger partial charge in [-0.3, -0.25) is 19.3 Å². The largest absolute Gasteiger partial charge is 0.481 e.